The summed E-state index contributed by atoms with van der Waals surface area (Å²) in [7, 11) is 0. The Hall–Kier alpha value is -2.48. The Morgan fingerprint density at radius 2 is 1.24 bits per heavy atom. The van der Waals surface area contributed by atoms with Crippen molar-refractivity contribution in [3.05, 3.63) is 106 Å². The molecule has 2 aromatic rings. The minimum absolute atomic E-state index is 0.529. The second-order valence-electron chi connectivity index (χ2n) is 6.64. The molecular weight excluding hydrogens is 314 g/mol. The van der Waals surface area contributed by atoms with Crippen molar-refractivity contribution in [3.8, 4) is 0 Å². The molecule has 0 fully saturated rings. The van der Waals surface area contributed by atoms with E-state index in [0.717, 1.165) is 36.0 Å². The van der Waals surface area contributed by atoms with Crippen molar-refractivity contribution in [3.63, 3.8) is 0 Å². The quantitative estimate of drug-likeness (QED) is 0.501. The summed E-state index contributed by atoms with van der Waals surface area (Å²) < 4.78 is 27.8. The van der Waals surface area contributed by atoms with E-state index in [2.05, 4.69) is 30.4 Å². The molecule has 0 spiro atoms. The van der Waals surface area contributed by atoms with E-state index >= 15 is 0 Å². The van der Waals surface area contributed by atoms with Crippen LogP contribution in [0.1, 0.15) is 39.8 Å². The fraction of sp³-hybridized carbons (Fsp3) is 0.217. The van der Waals surface area contributed by atoms with E-state index < -0.39 is 11.6 Å². The van der Waals surface area contributed by atoms with E-state index in [1.54, 1.807) is 0 Å². The van der Waals surface area contributed by atoms with Crippen LogP contribution in [0.4, 0.5) is 8.78 Å². The first-order chi connectivity index (χ1) is 12.3. The number of hydrogen-bond donors (Lipinski definition) is 0. The van der Waals surface area contributed by atoms with Crippen molar-refractivity contribution in [2.75, 3.05) is 0 Å². The van der Waals surface area contributed by atoms with Gasteiger partial charge in [0.2, 0.25) is 0 Å². The van der Waals surface area contributed by atoms with E-state index in [1.165, 1.54) is 5.56 Å². The molecule has 126 valence electrons. The van der Waals surface area contributed by atoms with Gasteiger partial charge in [-0.1, -0.05) is 60.7 Å². The maximum atomic E-state index is 14.1. The summed E-state index contributed by atoms with van der Waals surface area (Å²) in [5.74, 6) is -1.22. The SMILES string of the molecule is C1=CC=CCC=C1.Fc1c(F)c2c(c3c1Cc1ccccc1CC3)C2. The maximum absolute atomic E-state index is 14.1. The summed E-state index contributed by atoms with van der Waals surface area (Å²) in [6, 6.07) is 8.09. The molecule has 0 radical (unpaired) electrons. The molecule has 2 aromatic carbocycles. The first-order valence-electron chi connectivity index (χ1n) is 8.81. The van der Waals surface area contributed by atoms with Crippen LogP contribution in [0.2, 0.25) is 0 Å². The van der Waals surface area contributed by atoms with Crippen molar-refractivity contribution in [1.82, 2.24) is 0 Å². The van der Waals surface area contributed by atoms with E-state index in [0.29, 0.717) is 24.0 Å². The zero-order chi connectivity index (χ0) is 17.2. The number of benzene rings is 2. The molecule has 0 saturated heterocycles. The van der Waals surface area contributed by atoms with Gasteiger partial charge in [0, 0.05) is 12.8 Å². The topological polar surface area (TPSA) is 0 Å². The average molecular weight is 334 g/mol. The van der Waals surface area contributed by atoms with Crippen molar-refractivity contribution >= 4 is 0 Å². The first-order valence-corrected chi connectivity index (χ1v) is 8.81. The molecule has 3 aliphatic rings. The molecule has 0 N–H and O–H groups in total. The fourth-order valence-electron chi connectivity index (χ4n) is 3.64. The monoisotopic (exact) mass is 334 g/mol. The van der Waals surface area contributed by atoms with Crippen molar-refractivity contribution in [1.29, 1.82) is 0 Å². The van der Waals surface area contributed by atoms with Gasteiger partial charge in [0.15, 0.2) is 11.6 Å². The Kier molecular flexibility index (Phi) is 4.35. The number of halogens is 2. The third-order valence-electron chi connectivity index (χ3n) is 5.05. The molecule has 0 amide bonds. The zero-order valence-corrected chi connectivity index (χ0v) is 14.1. The highest BCUT2D eigenvalue weighted by molar-refractivity contribution is 5.57. The van der Waals surface area contributed by atoms with Gasteiger partial charge in [0.25, 0.3) is 0 Å². The van der Waals surface area contributed by atoms with Crippen LogP contribution in [-0.4, -0.2) is 0 Å². The molecule has 0 atom stereocenters. The Morgan fingerprint density at radius 3 is 1.96 bits per heavy atom. The summed E-state index contributed by atoms with van der Waals surface area (Å²) in [6.07, 6.45) is 16.4. The highest BCUT2D eigenvalue weighted by Crippen LogP contribution is 2.41. The fourth-order valence-corrected chi connectivity index (χ4v) is 3.64. The van der Waals surface area contributed by atoms with Crippen molar-refractivity contribution in [2.24, 2.45) is 0 Å². The number of rotatable bonds is 0. The number of allylic oxidation sites excluding steroid dienone is 6. The molecule has 5 rings (SSSR count). The Morgan fingerprint density at radius 1 is 0.600 bits per heavy atom. The van der Waals surface area contributed by atoms with E-state index in [9.17, 15) is 8.78 Å². The molecule has 0 aromatic heterocycles. The molecule has 0 bridgehead atoms. The Balaban J connectivity index is 0.000000190. The molecule has 0 heterocycles. The predicted octanol–water partition coefficient (Wildman–Crippen LogP) is 5.62. The van der Waals surface area contributed by atoms with Gasteiger partial charge in [0.05, 0.1) is 0 Å². The van der Waals surface area contributed by atoms with Gasteiger partial charge in [0.1, 0.15) is 0 Å². The molecule has 0 nitrogen and oxygen atoms in total. The minimum atomic E-state index is -0.613. The Bertz CT molecular complexity index is 887. The molecule has 3 aliphatic carbocycles. The number of hydrogen-bond acceptors (Lipinski definition) is 0. The van der Waals surface area contributed by atoms with Gasteiger partial charge < -0.3 is 0 Å². The molecule has 2 heteroatoms. The number of fused-ring (bicyclic) bond motifs is 4. The summed E-state index contributed by atoms with van der Waals surface area (Å²) in [5, 5.41) is 0. The highest BCUT2D eigenvalue weighted by atomic mass is 19.2. The van der Waals surface area contributed by atoms with Crippen LogP contribution in [0.25, 0.3) is 0 Å². The molecule has 25 heavy (non-hydrogen) atoms. The third-order valence-corrected chi connectivity index (χ3v) is 5.05. The minimum Gasteiger partial charge on any atom is -0.203 e. The van der Waals surface area contributed by atoms with Gasteiger partial charge >= 0.3 is 0 Å². The van der Waals surface area contributed by atoms with Crippen molar-refractivity contribution in [2.45, 2.75) is 32.1 Å². The molecule has 0 saturated carbocycles. The second-order valence-corrected chi connectivity index (χ2v) is 6.64. The summed E-state index contributed by atoms with van der Waals surface area (Å²) in [6.45, 7) is 0. The molecule has 0 aliphatic heterocycles. The molecular formula is C23H20F2. The normalized spacial score (nSPS) is 15.9. The Labute approximate surface area is 147 Å². The lowest BCUT2D eigenvalue weighted by molar-refractivity contribution is 0.499. The first kappa shape index (κ1) is 16.0. The largest absolute Gasteiger partial charge is 0.203 e. The third kappa shape index (κ3) is 3.21. The maximum Gasteiger partial charge on any atom is 0.162 e. The standard InChI is InChI=1S/C16H12F2.C7H8/c17-15-13-7-10-4-2-1-3-9(10)5-6-11(13)12-8-14(12)16(15)18;1-2-4-6-7-5-3-1/h1-4H,5-8H2;1-6H,7H2. The van der Waals surface area contributed by atoms with Crippen LogP contribution in [0, 0.1) is 11.6 Å². The van der Waals surface area contributed by atoms with Crippen LogP contribution in [0.5, 0.6) is 0 Å². The van der Waals surface area contributed by atoms with E-state index in [1.807, 2.05) is 30.4 Å². The van der Waals surface area contributed by atoms with Gasteiger partial charge in [-0.05, 0) is 52.6 Å². The van der Waals surface area contributed by atoms with Gasteiger partial charge in [-0.2, -0.15) is 0 Å². The lowest BCUT2D eigenvalue weighted by Gasteiger charge is -2.07. The van der Waals surface area contributed by atoms with Crippen molar-refractivity contribution < 1.29 is 8.78 Å². The summed E-state index contributed by atoms with van der Waals surface area (Å²) >= 11 is 0. The smallest absolute Gasteiger partial charge is 0.162 e. The van der Waals surface area contributed by atoms with Crippen LogP contribution < -0.4 is 0 Å². The summed E-state index contributed by atoms with van der Waals surface area (Å²) in [5.41, 5.74) is 5.74. The second kappa shape index (κ2) is 6.79. The zero-order valence-electron chi connectivity index (χ0n) is 14.1. The van der Waals surface area contributed by atoms with Crippen LogP contribution in [0.15, 0.2) is 60.7 Å². The molecule has 0 unspecified atom stereocenters. The van der Waals surface area contributed by atoms with Crippen LogP contribution >= 0.6 is 0 Å². The highest BCUT2D eigenvalue weighted by Gasteiger charge is 2.33. The lowest BCUT2D eigenvalue weighted by atomic mass is 9.99. The average Bonchev–Trinajstić information content (AvgIpc) is 3.45. The number of aryl methyl sites for hydroxylation is 1. The van der Waals surface area contributed by atoms with E-state index in [-0.39, 0.29) is 0 Å². The predicted molar refractivity (Wildman–Crippen MR) is 97.9 cm³/mol. The van der Waals surface area contributed by atoms with Gasteiger partial charge in [-0.15, -0.1) is 0 Å². The van der Waals surface area contributed by atoms with E-state index in [4.69, 9.17) is 0 Å². The van der Waals surface area contributed by atoms with Crippen LogP contribution in [-0.2, 0) is 25.7 Å². The van der Waals surface area contributed by atoms with Gasteiger partial charge in [-0.25, -0.2) is 8.78 Å². The summed E-state index contributed by atoms with van der Waals surface area (Å²) in [4.78, 5) is 0. The van der Waals surface area contributed by atoms with Crippen LogP contribution in [0.3, 0.4) is 0 Å². The lowest BCUT2D eigenvalue weighted by Crippen LogP contribution is -2.00. The van der Waals surface area contributed by atoms with Gasteiger partial charge in [-0.3, -0.25) is 0 Å².